The molecule has 1 aromatic carbocycles. The van der Waals surface area contributed by atoms with Crippen LogP contribution >= 0.6 is 24.0 Å². The highest BCUT2D eigenvalue weighted by Crippen LogP contribution is 2.48. The van der Waals surface area contributed by atoms with Crippen LogP contribution in [0.15, 0.2) is 29.4 Å². The maximum absolute atomic E-state index is 13.3. The van der Waals surface area contributed by atoms with E-state index in [4.69, 9.17) is 0 Å². The summed E-state index contributed by atoms with van der Waals surface area (Å²) in [6.45, 7) is 1.85. The van der Waals surface area contributed by atoms with Gasteiger partial charge in [0.25, 0.3) is 0 Å². The molecule has 2 aliphatic carbocycles. The number of fused-ring (bicyclic) bond motifs is 1. The van der Waals surface area contributed by atoms with Crippen LogP contribution in [-0.2, 0) is 6.42 Å². The second-order valence-electron chi connectivity index (χ2n) is 7.47. The summed E-state index contributed by atoms with van der Waals surface area (Å²) < 4.78 is 13.3. The lowest BCUT2D eigenvalue weighted by molar-refractivity contribution is 0.400. The molecule has 142 valence electrons. The molecule has 0 amide bonds. The minimum Gasteiger partial charge on any atom is -0.361 e. The quantitative estimate of drug-likeness (QED) is 0.325. The van der Waals surface area contributed by atoms with Crippen molar-refractivity contribution in [2.75, 3.05) is 20.1 Å². The van der Waals surface area contributed by atoms with Crippen molar-refractivity contribution >= 4 is 40.8 Å². The van der Waals surface area contributed by atoms with Crippen LogP contribution in [-0.4, -0.2) is 31.1 Å². The summed E-state index contributed by atoms with van der Waals surface area (Å²) in [5.41, 5.74) is 2.06. The van der Waals surface area contributed by atoms with Crippen molar-refractivity contribution < 1.29 is 4.39 Å². The van der Waals surface area contributed by atoms with E-state index in [0.717, 1.165) is 54.1 Å². The Morgan fingerprint density at radius 2 is 1.96 bits per heavy atom. The fraction of sp³-hybridized carbons (Fsp3) is 0.550. The largest absolute Gasteiger partial charge is 0.361 e. The molecule has 4 rings (SSSR count). The van der Waals surface area contributed by atoms with Gasteiger partial charge in [0.05, 0.1) is 0 Å². The van der Waals surface area contributed by atoms with Crippen molar-refractivity contribution in [3.05, 3.63) is 35.8 Å². The molecule has 2 aliphatic rings. The van der Waals surface area contributed by atoms with Crippen molar-refractivity contribution in [2.24, 2.45) is 22.7 Å². The number of aromatic amines is 1. The second kappa shape index (κ2) is 8.59. The van der Waals surface area contributed by atoms with E-state index in [1.165, 1.54) is 37.3 Å². The Labute approximate surface area is 171 Å². The first-order valence-corrected chi connectivity index (χ1v) is 9.44. The smallest absolute Gasteiger partial charge is 0.190 e. The number of halogens is 2. The predicted octanol–water partition coefficient (Wildman–Crippen LogP) is 4.07. The topological polar surface area (TPSA) is 52.2 Å². The van der Waals surface area contributed by atoms with Crippen molar-refractivity contribution in [1.82, 2.24) is 15.6 Å². The Kier molecular flexibility index (Phi) is 6.42. The summed E-state index contributed by atoms with van der Waals surface area (Å²) in [6, 6.07) is 4.91. The van der Waals surface area contributed by atoms with Gasteiger partial charge < -0.3 is 15.6 Å². The number of hydrogen-bond donors (Lipinski definition) is 3. The van der Waals surface area contributed by atoms with Crippen molar-refractivity contribution in [2.45, 2.75) is 32.1 Å². The third kappa shape index (κ3) is 4.69. The van der Waals surface area contributed by atoms with Gasteiger partial charge in [-0.3, -0.25) is 4.99 Å². The molecule has 0 saturated heterocycles. The lowest BCUT2D eigenvalue weighted by Gasteiger charge is -2.18. The molecule has 4 nitrogen and oxygen atoms in total. The number of benzene rings is 1. The highest BCUT2D eigenvalue weighted by Gasteiger charge is 2.41. The van der Waals surface area contributed by atoms with Crippen molar-refractivity contribution in [3.8, 4) is 0 Å². The SMILES string of the molecule is CN=C(NCCc1c[nH]c2cc(F)ccc12)NCC(C1CC1)C1CC1.I. The molecule has 2 saturated carbocycles. The molecule has 0 atom stereocenters. The Morgan fingerprint density at radius 1 is 1.23 bits per heavy atom. The molecular formula is C20H28FIN4. The molecule has 2 fully saturated rings. The Morgan fingerprint density at radius 3 is 2.62 bits per heavy atom. The first kappa shape index (κ1) is 19.5. The van der Waals surface area contributed by atoms with Crippen LogP contribution in [0.4, 0.5) is 4.39 Å². The number of guanidine groups is 1. The van der Waals surface area contributed by atoms with E-state index in [-0.39, 0.29) is 29.8 Å². The predicted molar refractivity (Wildman–Crippen MR) is 116 cm³/mol. The summed E-state index contributed by atoms with van der Waals surface area (Å²) in [5, 5.41) is 8.02. The van der Waals surface area contributed by atoms with Gasteiger partial charge in [0.1, 0.15) is 5.82 Å². The first-order chi connectivity index (χ1) is 12.2. The van der Waals surface area contributed by atoms with Crippen LogP contribution in [0, 0.1) is 23.6 Å². The average Bonchev–Trinajstić information content (AvgIpc) is 3.53. The van der Waals surface area contributed by atoms with E-state index in [1.54, 1.807) is 6.07 Å². The molecule has 3 N–H and O–H groups in total. The first-order valence-electron chi connectivity index (χ1n) is 9.44. The van der Waals surface area contributed by atoms with Gasteiger partial charge in [-0.1, -0.05) is 0 Å². The summed E-state index contributed by atoms with van der Waals surface area (Å²) in [7, 11) is 1.83. The maximum atomic E-state index is 13.3. The Hall–Kier alpha value is -1.31. The van der Waals surface area contributed by atoms with Crippen LogP contribution in [0.5, 0.6) is 0 Å². The summed E-state index contributed by atoms with van der Waals surface area (Å²) in [4.78, 5) is 7.50. The molecular weight excluding hydrogens is 442 g/mol. The van der Waals surface area contributed by atoms with Crippen molar-refractivity contribution in [3.63, 3.8) is 0 Å². The molecule has 1 heterocycles. The van der Waals surface area contributed by atoms with E-state index in [1.807, 2.05) is 19.3 Å². The van der Waals surface area contributed by atoms with Gasteiger partial charge in [0.2, 0.25) is 0 Å². The van der Waals surface area contributed by atoms with Crippen LogP contribution in [0.3, 0.4) is 0 Å². The molecule has 0 spiro atoms. The lowest BCUT2D eigenvalue weighted by Crippen LogP contribution is -2.41. The molecule has 0 radical (unpaired) electrons. The van der Waals surface area contributed by atoms with Crippen molar-refractivity contribution in [1.29, 1.82) is 0 Å². The molecule has 26 heavy (non-hydrogen) atoms. The van der Waals surface area contributed by atoms with Gasteiger partial charge in [-0.25, -0.2) is 4.39 Å². The maximum Gasteiger partial charge on any atom is 0.190 e. The van der Waals surface area contributed by atoms with Gasteiger partial charge in [0, 0.05) is 37.2 Å². The number of aliphatic imine (C=N–C) groups is 1. The second-order valence-corrected chi connectivity index (χ2v) is 7.47. The van der Waals surface area contributed by atoms with Gasteiger partial charge in [-0.15, -0.1) is 24.0 Å². The molecule has 6 heteroatoms. The minimum absolute atomic E-state index is 0. The monoisotopic (exact) mass is 470 g/mol. The minimum atomic E-state index is -0.204. The average molecular weight is 470 g/mol. The van der Waals surface area contributed by atoms with E-state index < -0.39 is 0 Å². The van der Waals surface area contributed by atoms with Crippen LogP contribution in [0.25, 0.3) is 10.9 Å². The van der Waals surface area contributed by atoms with Gasteiger partial charge in [0.15, 0.2) is 5.96 Å². The normalized spacial score (nSPS) is 17.4. The zero-order valence-electron chi connectivity index (χ0n) is 15.2. The molecule has 0 aliphatic heterocycles. The third-order valence-corrected chi connectivity index (χ3v) is 5.60. The number of nitrogens with zero attached hydrogens (tertiary/aromatic N) is 1. The number of aromatic nitrogens is 1. The van der Waals surface area contributed by atoms with Gasteiger partial charge >= 0.3 is 0 Å². The molecule has 1 aromatic heterocycles. The van der Waals surface area contributed by atoms with Crippen LogP contribution in [0.1, 0.15) is 31.2 Å². The lowest BCUT2D eigenvalue weighted by atomic mass is 9.98. The van der Waals surface area contributed by atoms with Gasteiger partial charge in [-0.05, 0) is 73.6 Å². The zero-order chi connectivity index (χ0) is 17.2. The fourth-order valence-electron chi connectivity index (χ4n) is 3.88. The zero-order valence-corrected chi connectivity index (χ0v) is 17.6. The third-order valence-electron chi connectivity index (χ3n) is 5.60. The van der Waals surface area contributed by atoms with E-state index in [0.29, 0.717) is 0 Å². The van der Waals surface area contributed by atoms with Gasteiger partial charge in [-0.2, -0.15) is 0 Å². The van der Waals surface area contributed by atoms with E-state index in [9.17, 15) is 4.39 Å². The molecule has 0 unspecified atom stereocenters. The summed E-state index contributed by atoms with van der Waals surface area (Å²) in [6.07, 6.45) is 8.50. The van der Waals surface area contributed by atoms with Crippen LogP contribution < -0.4 is 10.6 Å². The fourth-order valence-corrected chi connectivity index (χ4v) is 3.88. The Bertz CT molecular complexity index is 752. The standard InChI is InChI=1S/C20H27FN4.HI/c1-22-20(25-12-18(13-2-3-13)14-4-5-14)23-9-8-15-11-24-19-10-16(21)6-7-17(15)19;/h6-7,10-11,13-14,18,24H,2-5,8-9,12H2,1H3,(H2,22,23,25);1H. The number of rotatable bonds is 7. The number of hydrogen-bond acceptors (Lipinski definition) is 1. The summed E-state index contributed by atoms with van der Waals surface area (Å²) >= 11 is 0. The number of nitrogens with one attached hydrogen (secondary N) is 3. The highest BCUT2D eigenvalue weighted by atomic mass is 127. The molecule has 2 aromatic rings. The molecule has 0 bridgehead atoms. The Balaban J connectivity index is 0.00000196. The van der Waals surface area contributed by atoms with E-state index in [2.05, 4.69) is 20.6 Å². The number of H-pyrrole nitrogens is 1. The summed E-state index contributed by atoms with van der Waals surface area (Å²) in [5.74, 6) is 3.42. The highest BCUT2D eigenvalue weighted by molar-refractivity contribution is 14.0. The van der Waals surface area contributed by atoms with Crippen LogP contribution in [0.2, 0.25) is 0 Å². The van der Waals surface area contributed by atoms with E-state index >= 15 is 0 Å².